The number of hydrogen-bond donors (Lipinski definition) is 2. The quantitative estimate of drug-likeness (QED) is 0.469. The zero-order chi connectivity index (χ0) is 12.8. The van der Waals surface area contributed by atoms with Crippen molar-refractivity contribution in [1.29, 1.82) is 0 Å². The SMILES string of the molecule is C/C(=N\O)c1ccc(C)cc1OCC(C)CO. The maximum Gasteiger partial charge on any atom is 0.128 e. The second-order valence-corrected chi connectivity index (χ2v) is 4.28. The van der Waals surface area contributed by atoms with Crippen LogP contribution in [0.3, 0.4) is 0 Å². The highest BCUT2D eigenvalue weighted by Gasteiger charge is 2.09. The highest BCUT2D eigenvalue weighted by molar-refractivity contribution is 6.00. The minimum atomic E-state index is 0.0785. The molecule has 17 heavy (non-hydrogen) atoms. The molecule has 1 unspecified atom stereocenters. The van der Waals surface area contributed by atoms with Gasteiger partial charge in [0.2, 0.25) is 0 Å². The van der Waals surface area contributed by atoms with Crippen LogP contribution in [0.4, 0.5) is 0 Å². The third kappa shape index (κ3) is 3.75. The van der Waals surface area contributed by atoms with E-state index < -0.39 is 0 Å². The van der Waals surface area contributed by atoms with Gasteiger partial charge in [0.1, 0.15) is 5.75 Å². The molecule has 94 valence electrons. The van der Waals surface area contributed by atoms with E-state index in [0.29, 0.717) is 18.1 Å². The minimum absolute atomic E-state index is 0.0785. The van der Waals surface area contributed by atoms with Gasteiger partial charge in [0.25, 0.3) is 0 Å². The number of nitrogens with zero attached hydrogens (tertiary/aromatic N) is 1. The van der Waals surface area contributed by atoms with Gasteiger partial charge in [0.05, 0.1) is 12.3 Å². The summed E-state index contributed by atoms with van der Waals surface area (Å²) >= 11 is 0. The van der Waals surface area contributed by atoms with Crippen LogP contribution in [-0.4, -0.2) is 29.2 Å². The molecule has 0 aliphatic carbocycles. The Labute approximate surface area is 102 Å². The van der Waals surface area contributed by atoms with Gasteiger partial charge in [-0.3, -0.25) is 0 Å². The Bertz CT molecular complexity index is 402. The molecule has 2 N–H and O–H groups in total. The molecular formula is C13H19NO3. The van der Waals surface area contributed by atoms with E-state index in [0.717, 1.165) is 11.1 Å². The Balaban J connectivity index is 2.91. The van der Waals surface area contributed by atoms with Crippen LogP contribution in [0, 0.1) is 12.8 Å². The molecule has 1 rings (SSSR count). The van der Waals surface area contributed by atoms with Crippen LogP contribution in [0.15, 0.2) is 23.4 Å². The first-order valence-corrected chi connectivity index (χ1v) is 5.61. The normalized spacial score (nSPS) is 13.5. The van der Waals surface area contributed by atoms with Crippen LogP contribution in [0.2, 0.25) is 0 Å². The Morgan fingerprint density at radius 3 is 2.76 bits per heavy atom. The molecule has 0 aliphatic rings. The molecule has 1 aromatic carbocycles. The van der Waals surface area contributed by atoms with Gasteiger partial charge >= 0.3 is 0 Å². The van der Waals surface area contributed by atoms with Gasteiger partial charge in [-0.1, -0.05) is 18.1 Å². The third-order valence-electron chi connectivity index (χ3n) is 2.51. The van der Waals surface area contributed by atoms with Gasteiger partial charge in [0.15, 0.2) is 0 Å². The lowest BCUT2D eigenvalue weighted by molar-refractivity contribution is 0.174. The summed E-state index contributed by atoms with van der Waals surface area (Å²) < 4.78 is 5.64. The van der Waals surface area contributed by atoms with E-state index >= 15 is 0 Å². The Morgan fingerprint density at radius 1 is 1.47 bits per heavy atom. The standard InChI is InChI=1S/C13H19NO3/c1-9-4-5-12(11(3)14-16)13(6-9)17-8-10(2)7-15/h4-6,10,15-16H,7-8H2,1-3H3/b14-11+. The van der Waals surface area contributed by atoms with Gasteiger partial charge in [-0.25, -0.2) is 0 Å². The maximum atomic E-state index is 8.95. The van der Waals surface area contributed by atoms with E-state index in [2.05, 4.69) is 5.16 Å². The summed E-state index contributed by atoms with van der Waals surface area (Å²) in [5.74, 6) is 0.760. The first-order chi connectivity index (χ1) is 8.08. The van der Waals surface area contributed by atoms with Crippen molar-refractivity contribution in [2.24, 2.45) is 11.1 Å². The van der Waals surface area contributed by atoms with Crippen LogP contribution in [-0.2, 0) is 0 Å². The largest absolute Gasteiger partial charge is 0.493 e. The number of aliphatic hydroxyl groups is 1. The van der Waals surface area contributed by atoms with Crippen LogP contribution in [0.1, 0.15) is 25.0 Å². The molecule has 0 heterocycles. The molecule has 0 fully saturated rings. The summed E-state index contributed by atoms with van der Waals surface area (Å²) in [7, 11) is 0. The number of rotatable bonds is 5. The van der Waals surface area contributed by atoms with E-state index in [1.165, 1.54) is 0 Å². The van der Waals surface area contributed by atoms with E-state index in [1.807, 2.05) is 32.0 Å². The Kier molecular flexibility index (Phi) is 4.97. The van der Waals surface area contributed by atoms with Gasteiger partial charge in [-0.05, 0) is 31.5 Å². The molecule has 0 saturated carbocycles. The number of aryl methyl sites for hydroxylation is 1. The van der Waals surface area contributed by atoms with E-state index in [-0.39, 0.29) is 12.5 Å². The molecule has 1 aromatic rings. The zero-order valence-corrected chi connectivity index (χ0v) is 10.5. The highest BCUT2D eigenvalue weighted by Crippen LogP contribution is 2.21. The number of ether oxygens (including phenoxy) is 1. The van der Waals surface area contributed by atoms with Gasteiger partial charge < -0.3 is 15.1 Å². The van der Waals surface area contributed by atoms with Crippen LogP contribution in [0.25, 0.3) is 0 Å². The van der Waals surface area contributed by atoms with Crippen molar-refractivity contribution in [1.82, 2.24) is 0 Å². The van der Waals surface area contributed by atoms with Crippen LogP contribution < -0.4 is 4.74 Å². The summed E-state index contributed by atoms with van der Waals surface area (Å²) in [6.45, 7) is 6.12. The number of hydrogen-bond acceptors (Lipinski definition) is 4. The van der Waals surface area contributed by atoms with Crippen molar-refractivity contribution in [2.45, 2.75) is 20.8 Å². The summed E-state index contributed by atoms with van der Waals surface area (Å²) in [5.41, 5.74) is 2.35. The molecule has 4 heteroatoms. The smallest absolute Gasteiger partial charge is 0.128 e. The van der Waals surface area contributed by atoms with Crippen molar-refractivity contribution in [3.63, 3.8) is 0 Å². The van der Waals surface area contributed by atoms with Gasteiger partial charge in [-0.15, -0.1) is 0 Å². The fourth-order valence-electron chi connectivity index (χ4n) is 1.39. The number of oxime groups is 1. The van der Waals surface area contributed by atoms with Crippen LogP contribution >= 0.6 is 0 Å². The summed E-state index contributed by atoms with van der Waals surface area (Å²) in [6, 6.07) is 5.70. The lowest BCUT2D eigenvalue weighted by atomic mass is 10.1. The second-order valence-electron chi connectivity index (χ2n) is 4.28. The third-order valence-corrected chi connectivity index (χ3v) is 2.51. The molecule has 0 radical (unpaired) electrons. The monoisotopic (exact) mass is 237 g/mol. The van der Waals surface area contributed by atoms with Crippen molar-refractivity contribution >= 4 is 5.71 Å². The summed E-state index contributed by atoms with van der Waals surface area (Å²) in [5, 5.41) is 20.9. The number of aliphatic hydroxyl groups excluding tert-OH is 1. The summed E-state index contributed by atoms with van der Waals surface area (Å²) in [6.07, 6.45) is 0. The first kappa shape index (κ1) is 13.5. The van der Waals surface area contributed by atoms with Crippen molar-refractivity contribution in [3.8, 4) is 5.75 Å². The Hall–Kier alpha value is -1.55. The predicted molar refractivity (Wildman–Crippen MR) is 66.9 cm³/mol. The van der Waals surface area contributed by atoms with E-state index in [4.69, 9.17) is 15.1 Å². The molecular weight excluding hydrogens is 218 g/mol. The van der Waals surface area contributed by atoms with Gasteiger partial charge in [0, 0.05) is 18.1 Å². The summed E-state index contributed by atoms with van der Waals surface area (Å²) in [4.78, 5) is 0. The molecule has 0 saturated heterocycles. The molecule has 0 aromatic heterocycles. The van der Waals surface area contributed by atoms with Crippen molar-refractivity contribution < 1.29 is 15.1 Å². The predicted octanol–water partition coefficient (Wildman–Crippen LogP) is 2.20. The first-order valence-electron chi connectivity index (χ1n) is 5.61. The zero-order valence-electron chi connectivity index (χ0n) is 10.5. The second kappa shape index (κ2) is 6.25. The Morgan fingerprint density at radius 2 is 2.18 bits per heavy atom. The average Bonchev–Trinajstić information content (AvgIpc) is 2.35. The van der Waals surface area contributed by atoms with Gasteiger partial charge in [-0.2, -0.15) is 0 Å². The fraction of sp³-hybridized carbons (Fsp3) is 0.462. The number of benzene rings is 1. The molecule has 0 bridgehead atoms. The fourth-order valence-corrected chi connectivity index (χ4v) is 1.39. The average molecular weight is 237 g/mol. The molecule has 0 aliphatic heterocycles. The van der Waals surface area contributed by atoms with E-state index in [9.17, 15) is 0 Å². The van der Waals surface area contributed by atoms with Crippen molar-refractivity contribution in [2.75, 3.05) is 13.2 Å². The molecule has 0 amide bonds. The van der Waals surface area contributed by atoms with E-state index in [1.54, 1.807) is 6.92 Å². The highest BCUT2D eigenvalue weighted by atomic mass is 16.5. The lowest BCUT2D eigenvalue weighted by Gasteiger charge is -2.14. The molecule has 0 spiro atoms. The maximum absolute atomic E-state index is 8.95. The molecule has 1 atom stereocenters. The minimum Gasteiger partial charge on any atom is -0.493 e. The van der Waals surface area contributed by atoms with Crippen molar-refractivity contribution in [3.05, 3.63) is 29.3 Å². The molecule has 4 nitrogen and oxygen atoms in total. The van der Waals surface area contributed by atoms with Crippen LogP contribution in [0.5, 0.6) is 5.75 Å². The topological polar surface area (TPSA) is 62.1 Å². The lowest BCUT2D eigenvalue weighted by Crippen LogP contribution is -2.13.